The van der Waals surface area contributed by atoms with Gasteiger partial charge in [0.1, 0.15) is 11.3 Å². The fourth-order valence-corrected chi connectivity index (χ4v) is 2.81. The van der Waals surface area contributed by atoms with Crippen molar-refractivity contribution < 1.29 is 24.2 Å². The number of aryl methyl sites for hydroxylation is 1. The molecule has 0 aliphatic rings. The zero-order valence-corrected chi connectivity index (χ0v) is 14.1. The highest BCUT2D eigenvalue weighted by atomic mass is 32.1. The molecule has 0 aliphatic carbocycles. The normalized spacial score (nSPS) is 10.2. The first-order valence-electron chi connectivity index (χ1n) is 7.20. The monoisotopic (exact) mass is 347 g/mol. The molecule has 0 saturated heterocycles. The molecule has 0 unspecified atom stereocenters. The predicted octanol–water partition coefficient (Wildman–Crippen LogP) is 2.44. The number of thiophene rings is 1. The molecule has 0 spiro atoms. The highest BCUT2D eigenvalue weighted by molar-refractivity contribution is 7.14. The summed E-state index contributed by atoms with van der Waals surface area (Å²) in [5.41, 5.74) is 0.581. The predicted molar refractivity (Wildman–Crippen MR) is 89.3 cm³/mol. The lowest BCUT2D eigenvalue weighted by atomic mass is 10.1. The summed E-state index contributed by atoms with van der Waals surface area (Å²) < 4.78 is 4.98. The Bertz CT molecular complexity index is 781. The van der Waals surface area contributed by atoms with Crippen LogP contribution in [0.4, 0.5) is 0 Å². The molecule has 126 valence electrons. The maximum absolute atomic E-state index is 12.1. The second kappa shape index (κ2) is 7.74. The van der Waals surface area contributed by atoms with Crippen molar-refractivity contribution in [3.63, 3.8) is 0 Å². The number of hydrogen-bond acceptors (Lipinski definition) is 6. The Hall–Kier alpha value is -2.67. The van der Waals surface area contributed by atoms with Crippen molar-refractivity contribution in [2.45, 2.75) is 20.4 Å². The van der Waals surface area contributed by atoms with Gasteiger partial charge in [-0.2, -0.15) is 0 Å². The molecule has 1 amide bonds. The van der Waals surface area contributed by atoms with E-state index in [1.807, 2.05) is 0 Å². The molecule has 1 heterocycles. The quantitative estimate of drug-likeness (QED) is 0.618. The number of phenols is 1. The minimum absolute atomic E-state index is 0.0281. The summed E-state index contributed by atoms with van der Waals surface area (Å²) in [7, 11) is 0. The molecule has 0 aliphatic heterocycles. The zero-order valence-electron chi connectivity index (χ0n) is 13.3. The molecule has 0 saturated carbocycles. The summed E-state index contributed by atoms with van der Waals surface area (Å²) >= 11 is 1.23. The van der Waals surface area contributed by atoms with Gasteiger partial charge in [0.15, 0.2) is 6.61 Å². The molecular weight excluding hydrogens is 330 g/mol. The van der Waals surface area contributed by atoms with Crippen molar-refractivity contribution in [3.8, 4) is 5.75 Å². The number of benzene rings is 1. The van der Waals surface area contributed by atoms with Gasteiger partial charge in [0.05, 0.1) is 11.4 Å². The first kappa shape index (κ1) is 17.7. The number of hydrogen-bond donors (Lipinski definition) is 2. The Kier molecular flexibility index (Phi) is 5.70. The summed E-state index contributed by atoms with van der Waals surface area (Å²) in [5, 5.41) is 12.5. The molecule has 1 aromatic carbocycles. The Morgan fingerprint density at radius 3 is 2.67 bits per heavy atom. The number of carbonyl (C=O) groups is 3. The summed E-state index contributed by atoms with van der Waals surface area (Å²) in [6.07, 6.45) is 0. The van der Waals surface area contributed by atoms with Crippen molar-refractivity contribution in [1.82, 2.24) is 5.32 Å². The first-order valence-corrected chi connectivity index (χ1v) is 8.02. The number of aromatic hydroxyl groups is 1. The number of amides is 1. The maximum atomic E-state index is 12.1. The van der Waals surface area contributed by atoms with Gasteiger partial charge in [-0.15, -0.1) is 11.3 Å². The van der Waals surface area contributed by atoms with Crippen LogP contribution in [0.5, 0.6) is 5.75 Å². The topological polar surface area (TPSA) is 92.7 Å². The molecular formula is C17H17NO5S. The third kappa shape index (κ3) is 4.42. The van der Waals surface area contributed by atoms with Crippen molar-refractivity contribution in [2.75, 3.05) is 6.61 Å². The van der Waals surface area contributed by atoms with Crippen molar-refractivity contribution >= 4 is 29.0 Å². The van der Waals surface area contributed by atoms with E-state index in [4.69, 9.17) is 4.74 Å². The number of nitrogens with one attached hydrogen (secondary N) is 1. The van der Waals surface area contributed by atoms with Crippen LogP contribution in [0.2, 0.25) is 0 Å². The van der Waals surface area contributed by atoms with Crippen LogP contribution in [-0.4, -0.2) is 29.4 Å². The minimum Gasteiger partial charge on any atom is -0.507 e. The molecule has 2 N–H and O–H groups in total. The van der Waals surface area contributed by atoms with E-state index in [2.05, 4.69) is 5.32 Å². The standard InChI is InChI=1S/C17H17NO5S/c1-10-4-3-5-13(16(10)21)17(22)23-9-14(20)15-7-6-12(24-15)8-18-11(2)19/h3-7,21H,8-9H2,1-2H3,(H,18,19). The second-order valence-electron chi connectivity index (χ2n) is 5.15. The Morgan fingerprint density at radius 1 is 1.21 bits per heavy atom. The molecule has 0 bridgehead atoms. The number of esters is 1. The van der Waals surface area contributed by atoms with Crippen molar-refractivity contribution in [2.24, 2.45) is 0 Å². The van der Waals surface area contributed by atoms with E-state index in [-0.39, 0.29) is 23.0 Å². The maximum Gasteiger partial charge on any atom is 0.342 e. The van der Waals surface area contributed by atoms with Crippen LogP contribution in [0, 0.1) is 6.92 Å². The minimum atomic E-state index is -0.750. The van der Waals surface area contributed by atoms with Gasteiger partial charge in [0.25, 0.3) is 0 Å². The van der Waals surface area contributed by atoms with Gasteiger partial charge in [-0.05, 0) is 30.7 Å². The fourth-order valence-electron chi connectivity index (χ4n) is 1.94. The van der Waals surface area contributed by atoms with Crippen molar-refractivity contribution in [3.05, 3.63) is 51.2 Å². The third-order valence-corrected chi connectivity index (χ3v) is 4.37. The number of phenolic OH excluding ortho intramolecular Hbond substituents is 1. The highest BCUT2D eigenvalue weighted by Crippen LogP contribution is 2.22. The van der Waals surface area contributed by atoms with Gasteiger partial charge in [0.2, 0.25) is 11.7 Å². The molecule has 7 heteroatoms. The lowest BCUT2D eigenvalue weighted by Crippen LogP contribution is -2.18. The molecule has 0 atom stereocenters. The van der Waals surface area contributed by atoms with E-state index in [9.17, 15) is 19.5 Å². The molecule has 6 nitrogen and oxygen atoms in total. The molecule has 0 fully saturated rings. The lowest BCUT2D eigenvalue weighted by molar-refractivity contribution is -0.119. The third-order valence-electron chi connectivity index (χ3n) is 3.24. The fraction of sp³-hybridized carbons (Fsp3) is 0.235. The first-order chi connectivity index (χ1) is 11.4. The summed E-state index contributed by atoms with van der Waals surface area (Å²) in [6.45, 7) is 3.02. The highest BCUT2D eigenvalue weighted by Gasteiger charge is 2.17. The summed E-state index contributed by atoms with van der Waals surface area (Å²) in [4.78, 5) is 36.2. The van der Waals surface area contributed by atoms with Gasteiger partial charge in [-0.25, -0.2) is 4.79 Å². The van der Waals surface area contributed by atoms with E-state index in [0.29, 0.717) is 17.0 Å². The number of para-hydroxylation sites is 1. The van der Waals surface area contributed by atoms with Crippen molar-refractivity contribution in [1.29, 1.82) is 0 Å². The van der Waals surface area contributed by atoms with E-state index >= 15 is 0 Å². The van der Waals surface area contributed by atoms with E-state index in [1.165, 1.54) is 24.3 Å². The van der Waals surface area contributed by atoms with Gasteiger partial charge < -0.3 is 15.2 Å². The summed E-state index contributed by atoms with van der Waals surface area (Å²) in [5.74, 6) is -1.39. The van der Waals surface area contributed by atoms with Crippen LogP contribution in [-0.2, 0) is 16.1 Å². The molecule has 0 radical (unpaired) electrons. The molecule has 24 heavy (non-hydrogen) atoms. The zero-order chi connectivity index (χ0) is 17.7. The van der Waals surface area contributed by atoms with Crippen LogP contribution in [0.3, 0.4) is 0 Å². The number of ether oxygens (including phenoxy) is 1. The SMILES string of the molecule is CC(=O)NCc1ccc(C(=O)COC(=O)c2cccc(C)c2O)s1. The largest absolute Gasteiger partial charge is 0.507 e. The lowest BCUT2D eigenvalue weighted by Gasteiger charge is -2.06. The number of ketones is 1. The van der Waals surface area contributed by atoms with Gasteiger partial charge in [-0.1, -0.05) is 12.1 Å². The number of rotatable bonds is 6. The van der Waals surface area contributed by atoms with Gasteiger partial charge in [0, 0.05) is 11.8 Å². The average Bonchev–Trinajstić information content (AvgIpc) is 3.02. The van der Waals surface area contributed by atoms with Gasteiger partial charge in [-0.3, -0.25) is 9.59 Å². The Labute approximate surface area is 143 Å². The molecule has 2 rings (SSSR count). The van der Waals surface area contributed by atoms with Crippen LogP contribution in [0.25, 0.3) is 0 Å². The van der Waals surface area contributed by atoms with Crippen LogP contribution >= 0.6 is 11.3 Å². The van der Waals surface area contributed by atoms with Crippen LogP contribution in [0.1, 0.15) is 37.4 Å². The van der Waals surface area contributed by atoms with Gasteiger partial charge >= 0.3 is 5.97 Å². The van der Waals surface area contributed by atoms with Crippen LogP contribution in [0.15, 0.2) is 30.3 Å². The van der Waals surface area contributed by atoms with E-state index in [1.54, 1.807) is 31.2 Å². The average molecular weight is 347 g/mol. The number of carbonyl (C=O) groups excluding carboxylic acids is 3. The smallest absolute Gasteiger partial charge is 0.342 e. The Balaban J connectivity index is 1.94. The second-order valence-corrected chi connectivity index (χ2v) is 6.31. The Morgan fingerprint density at radius 2 is 1.96 bits per heavy atom. The summed E-state index contributed by atoms with van der Waals surface area (Å²) in [6, 6.07) is 8.09. The van der Waals surface area contributed by atoms with E-state index in [0.717, 1.165) is 4.88 Å². The molecule has 2 aromatic rings. The van der Waals surface area contributed by atoms with Crippen LogP contribution < -0.4 is 5.32 Å². The molecule has 1 aromatic heterocycles. The number of Topliss-reactive ketones (excluding diaryl/α,β-unsaturated/α-hetero) is 1. The van der Waals surface area contributed by atoms with E-state index < -0.39 is 12.6 Å².